The van der Waals surface area contributed by atoms with Crippen molar-refractivity contribution in [1.82, 2.24) is 24.2 Å². The van der Waals surface area contributed by atoms with Crippen LogP contribution in [0, 0.1) is 13.8 Å². The zero-order chi connectivity index (χ0) is 20.1. The third-order valence-electron chi connectivity index (χ3n) is 5.09. The number of aryl methyl sites for hydroxylation is 3. The summed E-state index contributed by atoms with van der Waals surface area (Å²) < 4.78 is 3.98. The van der Waals surface area contributed by atoms with E-state index in [4.69, 9.17) is 0 Å². The highest BCUT2D eigenvalue weighted by molar-refractivity contribution is 5.91. The largest absolute Gasteiger partial charge is 0.309 e. The summed E-state index contributed by atoms with van der Waals surface area (Å²) in [7, 11) is 0. The number of carbonyl (C=O) groups is 1. The maximum Gasteiger partial charge on any atom is 0.228 e. The average Bonchev–Trinajstić information content (AvgIpc) is 3.19. The Morgan fingerprint density at radius 1 is 1.14 bits per heavy atom. The van der Waals surface area contributed by atoms with E-state index >= 15 is 0 Å². The summed E-state index contributed by atoms with van der Waals surface area (Å²) in [6.07, 6.45) is 0.362. The van der Waals surface area contributed by atoms with Crippen LogP contribution in [-0.2, 0) is 17.9 Å². The predicted molar refractivity (Wildman–Crippen MR) is 112 cm³/mol. The first-order chi connectivity index (χ1) is 13.5. The van der Waals surface area contributed by atoms with Crippen molar-refractivity contribution >= 4 is 22.9 Å². The van der Waals surface area contributed by atoms with Gasteiger partial charge in [0, 0.05) is 31.7 Å². The van der Waals surface area contributed by atoms with E-state index in [0.29, 0.717) is 18.9 Å². The van der Waals surface area contributed by atoms with Crippen LogP contribution in [0.5, 0.6) is 0 Å². The second-order valence-electron chi connectivity index (χ2n) is 7.05. The van der Waals surface area contributed by atoms with Crippen LogP contribution in [0.1, 0.15) is 31.7 Å². The lowest BCUT2D eigenvalue weighted by Crippen LogP contribution is -2.28. The summed E-state index contributed by atoms with van der Waals surface area (Å²) in [6, 6.07) is 10.0. The fraction of sp³-hybridized carbons (Fsp3) is 0.476. The summed E-state index contributed by atoms with van der Waals surface area (Å²) in [6.45, 7) is 12.6. The van der Waals surface area contributed by atoms with Crippen LogP contribution < -0.4 is 5.32 Å². The van der Waals surface area contributed by atoms with Crippen LogP contribution >= 0.6 is 0 Å². The summed E-state index contributed by atoms with van der Waals surface area (Å²) in [5, 5.41) is 7.43. The number of aromatic nitrogens is 4. The maximum atomic E-state index is 12.6. The molecule has 0 aliphatic rings. The lowest BCUT2D eigenvalue weighted by molar-refractivity contribution is -0.116. The van der Waals surface area contributed by atoms with Crippen LogP contribution in [-0.4, -0.2) is 49.8 Å². The number of para-hydroxylation sites is 2. The Hall–Kier alpha value is -2.67. The Morgan fingerprint density at radius 2 is 1.89 bits per heavy atom. The number of benzene rings is 1. The molecule has 3 aromatic rings. The molecule has 7 heteroatoms. The second-order valence-corrected chi connectivity index (χ2v) is 7.05. The first kappa shape index (κ1) is 20.1. The van der Waals surface area contributed by atoms with Crippen molar-refractivity contribution in [3.05, 3.63) is 41.7 Å². The van der Waals surface area contributed by atoms with Gasteiger partial charge in [-0.2, -0.15) is 5.10 Å². The topological polar surface area (TPSA) is 68.0 Å². The van der Waals surface area contributed by atoms with Crippen molar-refractivity contribution in [3.8, 4) is 0 Å². The lowest BCUT2D eigenvalue weighted by Gasteiger charge is -2.19. The second kappa shape index (κ2) is 9.01. The van der Waals surface area contributed by atoms with Crippen molar-refractivity contribution in [2.45, 2.75) is 47.2 Å². The predicted octanol–water partition coefficient (Wildman–Crippen LogP) is 3.22. The van der Waals surface area contributed by atoms with Gasteiger partial charge in [-0.25, -0.2) is 4.98 Å². The van der Waals surface area contributed by atoms with Crippen LogP contribution in [0.3, 0.4) is 0 Å². The molecule has 1 aromatic carbocycles. The zero-order valence-corrected chi connectivity index (χ0v) is 17.3. The molecule has 0 bridgehead atoms. The van der Waals surface area contributed by atoms with Gasteiger partial charge in [0.25, 0.3) is 0 Å². The molecule has 2 aromatic heterocycles. The molecule has 0 atom stereocenters. The minimum Gasteiger partial charge on any atom is -0.309 e. The Balaban J connectivity index is 1.73. The summed E-state index contributed by atoms with van der Waals surface area (Å²) >= 11 is 0. The van der Waals surface area contributed by atoms with Gasteiger partial charge < -0.3 is 9.47 Å². The van der Waals surface area contributed by atoms with E-state index in [-0.39, 0.29) is 5.91 Å². The molecule has 150 valence electrons. The third kappa shape index (κ3) is 4.59. The number of anilines is 1. The Morgan fingerprint density at radius 3 is 2.57 bits per heavy atom. The number of likely N-dealkylation sites (N-methyl/N-ethyl adjacent to an activating group) is 1. The highest BCUT2D eigenvalue weighted by Crippen LogP contribution is 2.20. The third-order valence-corrected chi connectivity index (χ3v) is 5.09. The molecular weight excluding hydrogens is 352 g/mol. The minimum absolute atomic E-state index is 0.0491. The highest BCUT2D eigenvalue weighted by Gasteiger charge is 2.14. The fourth-order valence-electron chi connectivity index (χ4n) is 3.47. The summed E-state index contributed by atoms with van der Waals surface area (Å²) in [5.41, 5.74) is 3.98. The Kier molecular flexibility index (Phi) is 6.46. The molecular formula is C21H30N6O. The maximum absolute atomic E-state index is 12.6. The van der Waals surface area contributed by atoms with Gasteiger partial charge >= 0.3 is 0 Å². The number of nitrogens with zero attached hydrogens (tertiary/aromatic N) is 5. The smallest absolute Gasteiger partial charge is 0.228 e. The minimum atomic E-state index is -0.0491. The Bertz CT molecular complexity index is 938. The van der Waals surface area contributed by atoms with Gasteiger partial charge in [0.05, 0.1) is 16.7 Å². The van der Waals surface area contributed by atoms with Gasteiger partial charge in [0.2, 0.25) is 11.9 Å². The molecule has 2 heterocycles. The molecule has 0 unspecified atom stereocenters. The highest BCUT2D eigenvalue weighted by atomic mass is 16.1. The average molecular weight is 383 g/mol. The van der Waals surface area contributed by atoms with Gasteiger partial charge in [-0.1, -0.05) is 26.0 Å². The number of amides is 1. The van der Waals surface area contributed by atoms with Crippen LogP contribution in [0.25, 0.3) is 11.0 Å². The molecule has 3 rings (SSSR count). The van der Waals surface area contributed by atoms with Crippen molar-refractivity contribution in [2.24, 2.45) is 0 Å². The van der Waals surface area contributed by atoms with Gasteiger partial charge in [-0.3, -0.25) is 14.8 Å². The molecule has 1 N–H and O–H groups in total. The van der Waals surface area contributed by atoms with Gasteiger partial charge in [0.15, 0.2) is 0 Å². The van der Waals surface area contributed by atoms with E-state index in [1.165, 1.54) is 0 Å². The van der Waals surface area contributed by atoms with Crippen molar-refractivity contribution < 1.29 is 4.79 Å². The van der Waals surface area contributed by atoms with Crippen molar-refractivity contribution in [1.29, 1.82) is 0 Å². The SMILES string of the molecule is CCN(CC)CCn1c(NC(=O)CCn2nc(C)cc2C)nc2ccccc21. The molecule has 0 aliphatic heterocycles. The van der Waals surface area contributed by atoms with Gasteiger partial charge in [0.1, 0.15) is 0 Å². The van der Waals surface area contributed by atoms with Crippen LogP contribution in [0.4, 0.5) is 5.95 Å². The standard InChI is InChI=1S/C21H30N6O/c1-5-25(6-2)13-14-26-19-10-8-7-9-18(19)22-21(26)23-20(28)11-12-27-17(4)15-16(3)24-27/h7-10,15H,5-6,11-14H2,1-4H3,(H,22,23,28). The molecule has 0 saturated carbocycles. The number of hydrogen-bond acceptors (Lipinski definition) is 4. The zero-order valence-electron chi connectivity index (χ0n) is 17.3. The molecule has 0 aliphatic carbocycles. The lowest BCUT2D eigenvalue weighted by atomic mass is 10.3. The molecule has 0 fully saturated rings. The van der Waals surface area contributed by atoms with E-state index in [0.717, 1.165) is 48.6 Å². The van der Waals surface area contributed by atoms with Crippen LogP contribution in [0.2, 0.25) is 0 Å². The number of hydrogen-bond donors (Lipinski definition) is 1. The van der Waals surface area contributed by atoms with E-state index in [9.17, 15) is 4.79 Å². The monoisotopic (exact) mass is 382 g/mol. The van der Waals surface area contributed by atoms with E-state index in [2.05, 4.69) is 44.8 Å². The number of carbonyl (C=O) groups excluding carboxylic acids is 1. The van der Waals surface area contributed by atoms with Gasteiger partial charge in [-0.05, 0) is 45.1 Å². The van der Waals surface area contributed by atoms with Crippen molar-refractivity contribution in [3.63, 3.8) is 0 Å². The number of rotatable bonds is 9. The Labute approximate surface area is 166 Å². The fourth-order valence-corrected chi connectivity index (χ4v) is 3.47. The first-order valence-corrected chi connectivity index (χ1v) is 10.00. The molecule has 0 saturated heterocycles. The number of imidazole rings is 1. The number of fused-ring (bicyclic) bond motifs is 1. The van der Waals surface area contributed by atoms with E-state index in [1.54, 1.807) is 0 Å². The molecule has 0 spiro atoms. The number of nitrogens with one attached hydrogen (secondary N) is 1. The van der Waals surface area contributed by atoms with Crippen LogP contribution in [0.15, 0.2) is 30.3 Å². The molecule has 7 nitrogen and oxygen atoms in total. The quantitative estimate of drug-likeness (QED) is 0.617. The van der Waals surface area contributed by atoms with Gasteiger partial charge in [-0.15, -0.1) is 0 Å². The molecule has 1 amide bonds. The molecule has 0 radical (unpaired) electrons. The summed E-state index contributed by atoms with van der Waals surface area (Å²) in [5.74, 6) is 0.568. The van der Waals surface area contributed by atoms with Crippen molar-refractivity contribution in [2.75, 3.05) is 25.0 Å². The molecule has 28 heavy (non-hydrogen) atoms. The van der Waals surface area contributed by atoms with E-state index < -0.39 is 0 Å². The summed E-state index contributed by atoms with van der Waals surface area (Å²) in [4.78, 5) is 19.6. The first-order valence-electron chi connectivity index (χ1n) is 10.00. The van der Waals surface area contributed by atoms with E-state index in [1.807, 2.05) is 42.8 Å². The normalized spacial score (nSPS) is 11.5.